The second-order valence-corrected chi connectivity index (χ2v) is 6.19. The van der Waals surface area contributed by atoms with Gasteiger partial charge in [0, 0.05) is 25.7 Å². The highest BCUT2D eigenvalue weighted by atomic mass is 79.9. The zero-order chi connectivity index (χ0) is 15.2. The second kappa shape index (κ2) is 7.94. The minimum atomic E-state index is 0.633. The van der Waals surface area contributed by atoms with Gasteiger partial charge in [-0.2, -0.15) is 0 Å². The molecule has 0 radical (unpaired) electrons. The minimum absolute atomic E-state index is 0.633. The second-order valence-electron chi connectivity index (χ2n) is 5.40. The van der Waals surface area contributed by atoms with Crippen LogP contribution in [0.4, 0.5) is 11.6 Å². The van der Waals surface area contributed by atoms with Crippen LogP contribution >= 0.6 is 15.9 Å². The smallest absolute Gasteiger partial charge is 0.148 e. The molecule has 0 aromatic carbocycles. The molecule has 6 heteroatoms. The molecule has 5 nitrogen and oxygen atoms in total. The highest BCUT2D eigenvalue weighted by Crippen LogP contribution is 2.32. The fourth-order valence-corrected chi connectivity index (χ4v) is 3.52. The van der Waals surface area contributed by atoms with Crippen molar-refractivity contribution in [2.24, 2.45) is 0 Å². The van der Waals surface area contributed by atoms with Gasteiger partial charge in [0.2, 0.25) is 0 Å². The Kier molecular flexibility index (Phi) is 6.23. The highest BCUT2D eigenvalue weighted by molar-refractivity contribution is 9.10. The van der Waals surface area contributed by atoms with E-state index in [-0.39, 0.29) is 0 Å². The maximum Gasteiger partial charge on any atom is 0.148 e. The molecule has 2 rings (SSSR count). The number of hydrogen-bond donors (Lipinski definition) is 1. The molecule has 0 spiro atoms. The summed E-state index contributed by atoms with van der Waals surface area (Å²) in [7, 11) is 0. The van der Waals surface area contributed by atoms with Crippen molar-refractivity contribution in [3.8, 4) is 0 Å². The average Bonchev–Trinajstić information content (AvgIpc) is 2.97. The van der Waals surface area contributed by atoms with E-state index >= 15 is 0 Å². The van der Waals surface area contributed by atoms with E-state index < -0.39 is 0 Å². The first-order valence-corrected chi connectivity index (χ1v) is 8.73. The van der Waals surface area contributed by atoms with Gasteiger partial charge in [-0.15, -0.1) is 0 Å². The average molecular weight is 356 g/mol. The van der Waals surface area contributed by atoms with E-state index in [1.807, 2.05) is 0 Å². The number of aromatic nitrogens is 2. The minimum Gasteiger partial charge on any atom is -0.369 e. The number of nitrogens with one attached hydrogen (secondary N) is 1. The van der Waals surface area contributed by atoms with Gasteiger partial charge < -0.3 is 10.2 Å². The molecule has 0 amide bonds. The van der Waals surface area contributed by atoms with Crippen LogP contribution in [0.2, 0.25) is 0 Å². The summed E-state index contributed by atoms with van der Waals surface area (Å²) in [6.45, 7) is 11.9. The largest absolute Gasteiger partial charge is 0.369 e. The Morgan fingerprint density at radius 3 is 2.76 bits per heavy atom. The molecule has 1 atom stereocenters. The van der Waals surface area contributed by atoms with E-state index in [1.165, 1.54) is 6.42 Å². The van der Waals surface area contributed by atoms with E-state index in [2.05, 4.69) is 61.8 Å². The maximum absolute atomic E-state index is 4.48. The standard InChI is InChI=1S/C15H26BrN5/c1-4-8-17-14-13(16)15(19-11-18-14)21-9-7-12(10-21)20(5-2)6-3/h11-12H,4-10H2,1-3H3,(H,17,18,19). The molecule has 1 aliphatic heterocycles. The van der Waals surface area contributed by atoms with Crippen molar-refractivity contribution in [2.45, 2.75) is 39.7 Å². The molecular weight excluding hydrogens is 330 g/mol. The van der Waals surface area contributed by atoms with Crippen molar-refractivity contribution >= 4 is 27.6 Å². The topological polar surface area (TPSA) is 44.3 Å². The first kappa shape index (κ1) is 16.5. The molecular formula is C15H26BrN5. The summed E-state index contributed by atoms with van der Waals surface area (Å²) in [5.74, 6) is 1.91. The normalized spacial score (nSPS) is 18.5. The summed E-state index contributed by atoms with van der Waals surface area (Å²) in [6.07, 6.45) is 3.94. The molecule has 1 unspecified atom stereocenters. The SMILES string of the molecule is CCCNc1ncnc(N2CCC(N(CC)CC)C2)c1Br. The monoisotopic (exact) mass is 355 g/mol. The van der Waals surface area contributed by atoms with E-state index in [1.54, 1.807) is 6.33 Å². The van der Waals surface area contributed by atoms with Crippen molar-refractivity contribution < 1.29 is 0 Å². The Morgan fingerprint density at radius 2 is 2.10 bits per heavy atom. The van der Waals surface area contributed by atoms with Crippen LogP contribution in [-0.2, 0) is 0 Å². The van der Waals surface area contributed by atoms with Gasteiger partial charge >= 0.3 is 0 Å². The van der Waals surface area contributed by atoms with Gasteiger partial charge in [0.25, 0.3) is 0 Å². The van der Waals surface area contributed by atoms with Crippen molar-refractivity contribution in [1.29, 1.82) is 0 Å². The molecule has 0 saturated carbocycles. The maximum atomic E-state index is 4.48. The van der Waals surface area contributed by atoms with E-state index in [9.17, 15) is 0 Å². The predicted octanol–water partition coefficient (Wildman–Crippen LogP) is 2.98. The number of rotatable bonds is 7. The first-order valence-electron chi connectivity index (χ1n) is 7.94. The Balaban J connectivity index is 2.09. The van der Waals surface area contributed by atoms with Crippen LogP contribution in [0.1, 0.15) is 33.6 Å². The molecule has 0 bridgehead atoms. The lowest BCUT2D eigenvalue weighted by molar-refractivity contribution is 0.232. The molecule has 1 saturated heterocycles. The van der Waals surface area contributed by atoms with Gasteiger partial charge in [-0.1, -0.05) is 20.8 Å². The quantitative estimate of drug-likeness (QED) is 0.814. The number of halogens is 1. The molecule has 1 fully saturated rings. The van der Waals surface area contributed by atoms with Crippen molar-refractivity contribution in [3.63, 3.8) is 0 Å². The van der Waals surface area contributed by atoms with Gasteiger partial charge in [0.1, 0.15) is 22.4 Å². The first-order chi connectivity index (χ1) is 10.2. The van der Waals surface area contributed by atoms with Gasteiger partial charge in [-0.3, -0.25) is 4.90 Å². The lowest BCUT2D eigenvalue weighted by Gasteiger charge is -2.26. The Labute approximate surface area is 136 Å². The third-order valence-corrected chi connectivity index (χ3v) is 4.84. The molecule has 118 valence electrons. The van der Waals surface area contributed by atoms with E-state index in [4.69, 9.17) is 0 Å². The van der Waals surface area contributed by atoms with Crippen LogP contribution in [0.15, 0.2) is 10.8 Å². The number of likely N-dealkylation sites (N-methyl/N-ethyl adjacent to an activating group) is 1. The summed E-state index contributed by atoms with van der Waals surface area (Å²) in [5, 5.41) is 3.35. The van der Waals surface area contributed by atoms with Gasteiger partial charge in [-0.05, 0) is 41.9 Å². The van der Waals surface area contributed by atoms with Gasteiger partial charge in [-0.25, -0.2) is 9.97 Å². The summed E-state index contributed by atoms with van der Waals surface area (Å²) >= 11 is 3.67. The molecule has 1 N–H and O–H groups in total. The van der Waals surface area contributed by atoms with Crippen LogP contribution in [0.25, 0.3) is 0 Å². The van der Waals surface area contributed by atoms with E-state index in [0.717, 1.165) is 55.3 Å². The number of anilines is 2. The summed E-state index contributed by atoms with van der Waals surface area (Å²) in [6, 6.07) is 0.633. The van der Waals surface area contributed by atoms with Crippen molar-refractivity contribution in [1.82, 2.24) is 14.9 Å². The molecule has 0 aliphatic carbocycles. The zero-order valence-electron chi connectivity index (χ0n) is 13.3. The highest BCUT2D eigenvalue weighted by Gasteiger charge is 2.28. The van der Waals surface area contributed by atoms with Crippen molar-refractivity contribution in [3.05, 3.63) is 10.8 Å². The van der Waals surface area contributed by atoms with Crippen LogP contribution in [0, 0.1) is 0 Å². The number of hydrogen-bond acceptors (Lipinski definition) is 5. The summed E-state index contributed by atoms with van der Waals surface area (Å²) in [4.78, 5) is 13.7. The van der Waals surface area contributed by atoms with Crippen LogP contribution in [0.5, 0.6) is 0 Å². The van der Waals surface area contributed by atoms with Crippen LogP contribution in [0.3, 0.4) is 0 Å². The van der Waals surface area contributed by atoms with Crippen molar-refractivity contribution in [2.75, 3.05) is 42.9 Å². The summed E-state index contributed by atoms with van der Waals surface area (Å²) < 4.78 is 0.985. The fraction of sp³-hybridized carbons (Fsp3) is 0.733. The van der Waals surface area contributed by atoms with Gasteiger partial charge in [0.05, 0.1) is 0 Å². The Hall–Kier alpha value is -0.880. The van der Waals surface area contributed by atoms with Crippen LogP contribution < -0.4 is 10.2 Å². The Bertz CT molecular complexity index is 450. The molecule has 1 aromatic rings. The zero-order valence-corrected chi connectivity index (χ0v) is 14.9. The number of nitrogens with zero attached hydrogens (tertiary/aromatic N) is 4. The van der Waals surface area contributed by atoms with Gasteiger partial charge in [0.15, 0.2) is 0 Å². The Morgan fingerprint density at radius 1 is 1.33 bits per heavy atom. The molecule has 2 heterocycles. The third kappa shape index (κ3) is 3.86. The lowest BCUT2D eigenvalue weighted by Crippen LogP contribution is -2.37. The molecule has 1 aliphatic rings. The molecule has 21 heavy (non-hydrogen) atoms. The fourth-order valence-electron chi connectivity index (χ4n) is 2.92. The predicted molar refractivity (Wildman–Crippen MR) is 92.1 cm³/mol. The van der Waals surface area contributed by atoms with Crippen LogP contribution in [-0.4, -0.2) is 53.6 Å². The molecule has 1 aromatic heterocycles. The third-order valence-electron chi connectivity index (χ3n) is 4.11. The van der Waals surface area contributed by atoms with E-state index in [0.29, 0.717) is 6.04 Å². The summed E-state index contributed by atoms with van der Waals surface area (Å²) in [5.41, 5.74) is 0. The lowest BCUT2D eigenvalue weighted by atomic mass is 10.2.